The zero-order valence-corrected chi connectivity index (χ0v) is 12.4. The molecule has 1 aliphatic heterocycles. The maximum Gasteiger partial charge on any atom is 0.246 e. The van der Waals surface area contributed by atoms with Gasteiger partial charge in [0.1, 0.15) is 10.6 Å². The molecule has 1 fully saturated rings. The van der Waals surface area contributed by atoms with Gasteiger partial charge in [0.2, 0.25) is 10.0 Å². The van der Waals surface area contributed by atoms with Crippen LogP contribution in [0.3, 0.4) is 0 Å². The molecule has 7 heteroatoms. The Morgan fingerprint density at radius 3 is 2.80 bits per heavy atom. The van der Waals surface area contributed by atoms with Crippen molar-refractivity contribution in [3.8, 4) is 5.75 Å². The monoisotopic (exact) mass is 301 g/mol. The van der Waals surface area contributed by atoms with Crippen molar-refractivity contribution >= 4 is 10.0 Å². The van der Waals surface area contributed by atoms with Gasteiger partial charge >= 0.3 is 0 Å². The average Bonchev–Trinajstić information content (AvgIpc) is 2.99. The van der Waals surface area contributed by atoms with Crippen molar-refractivity contribution in [1.82, 2.24) is 4.31 Å². The third kappa shape index (κ3) is 2.80. The number of nitrogens with zero attached hydrogens (tertiary/aromatic N) is 1. The second-order valence-electron chi connectivity index (χ2n) is 4.68. The van der Waals surface area contributed by atoms with E-state index in [1.807, 2.05) is 0 Å². The molecule has 1 atom stereocenters. The van der Waals surface area contributed by atoms with Gasteiger partial charge in [-0.15, -0.1) is 0 Å². The number of hydrogen-bond donors (Lipinski definition) is 1. The largest absolute Gasteiger partial charge is 0.495 e. The van der Waals surface area contributed by atoms with Crippen LogP contribution in [0.25, 0.3) is 0 Å². The number of hydrogen-bond acceptors (Lipinski definition) is 5. The number of likely N-dealkylation sites (N-methyl/N-ethyl adjacent to an activating group) is 1. The Kier molecular flexibility index (Phi) is 4.64. The number of aliphatic hydroxyl groups is 1. The average molecular weight is 301 g/mol. The summed E-state index contributed by atoms with van der Waals surface area (Å²) in [5, 5.41) is 9.10. The molecule has 0 bridgehead atoms. The van der Waals surface area contributed by atoms with Crippen LogP contribution in [-0.4, -0.2) is 51.2 Å². The molecule has 0 amide bonds. The first-order valence-electron chi connectivity index (χ1n) is 6.34. The summed E-state index contributed by atoms with van der Waals surface area (Å²) >= 11 is 0. The second kappa shape index (κ2) is 6.09. The van der Waals surface area contributed by atoms with Gasteiger partial charge in [0.05, 0.1) is 26.4 Å². The van der Waals surface area contributed by atoms with Gasteiger partial charge in [-0.2, -0.15) is 4.31 Å². The number of sulfonamides is 1. The van der Waals surface area contributed by atoms with Crippen LogP contribution in [0.4, 0.5) is 0 Å². The zero-order chi connectivity index (χ0) is 14.8. The van der Waals surface area contributed by atoms with Gasteiger partial charge in [0.25, 0.3) is 0 Å². The normalized spacial score (nSPS) is 19.5. The summed E-state index contributed by atoms with van der Waals surface area (Å²) in [7, 11) is -0.683. The van der Waals surface area contributed by atoms with Crippen molar-refractivity contribution in [1.29, 1.82) is 0 Å². The minimum atomic E-state index is -3.64. The maximum absolute atomic E-state index is 12.6. The number of aliphatic hydroxyl groups excluding tert-OH is 1. The molecule has 0 spiro atoms. The Labute approximate surface area is 119 Å². The van der Waals surface area contributed by atoms with Crippen LogP contribution >= 0.6 is 0 Å². The number of methoxy groups -OCH3 is 1. The van der Waals surface area contributed by atoms with Gasteiger partial charge in [-0.1, -0.05) is 6.07 Å². The molecule has 6 nitrogen and oxygen atoms in total. The van der Waals surface area contributed by atoms with Crippen molar-refractivity contribution in [2.75, 3.05) is 27.4 Å². The molecular weight excluding hydrogens is 282 g/mol. The van der Waals surface area contributed by atoms with Crippen molar-refractivity contribution in [2.45, 2.75) is 24.0 Å². The van der Waals surface area contributed by atoms with Crippen LogP contribution in [0.15, 0.2) is 23.1 Å². The Hall–Kier alpha value is -1.15. The Bertz CT molecular complexity index is 566. The molecule has 0 radical (unpaired) electrons. The van der Waals surface area contributed by atoms with Gasteiger partial charge in [0, 0.05) is 13.7 Å². The van der Waals surface area contributed by atoms with E-state index >= 15 is 0 Å². The zero-order valence-electron chi connectivity index (χ0n) is 11.6. The van der Waals surface area contributed by atoms with Gasteiger partial charge < -0.3 is 14.6 Å². The fraction of sp³-hybridized carbons (Fsp3) is 0.538. The van der Waals surface area contributed by atoms with Crippen LogP contribution in [0.1, 0.15) is 12.0 Å². The molecule has 1 aromatic rings. The smallest absolute Gasteiger partial charge is 0.246 e. The van der Waals surface area contributed by atoms with E-state index in [2.05, 4.69) is 0 Å². The van der Waals surface area contributed by atoms with Crippen molar-refractivity contribution in [3.05, 3.63) is 23.8 Å². The molecule has 0 saturated carbocycles. The van der Waals surface area contributed by atoms with E-state index in [0.717, 1.165) is 0 Å². The molecule has 1 heterocycles. The molecule has 0 aliphatic carbocycles. The highest BCUT2D eigenvalue weighted by atomic mass is 32.2. The molecule has 1 aliphatic rings. The minimum Gasteiger partial charge on any atom is -0.495 e. The molecule has 1 N–H and O–H groups in total. The third-order valence-electron chi connectivity index (χ3n) is 3.49. The van der Waals surface area contributed by atoms with Gasteiger partial charge in [0.15, 0.2) is 0 Å². The molecule has 20 heavy (non-hydrogen) atoms. The molecule has 2 rings (SSSR count). The van der Waals surface area contributed by atoms with Crippen molar-refractivity contribution < 1.29 is 23.0 Å². The maximum atomic E-state index is 12.6. The van der Waals surface area contributed by atoms with Crippen LogP contribution in [-0.2, 0) is 21.4 Å². The van der Waals surface area contributed by atoms with E-state index in [1.54, 1.807) is 13.1 Å². The predicted octanol–water partition coefficient (Wildman–Crippen LogP) is 0.597. The molecule has 1 saturated heterocycles. The first kappa shape index (κ1) is 15.2. The summed E-state index contributed by atoms with van der Waals surface area (Å²) in [6, 6.07) is 4.42. The summed E-state index contributed by atoms with van der Waals surface area (Å²) in [5.41, 5.74) is 0.604. The van der Waals surface area contributed by atoms with E-state index in [4.69, 9.17) is 14.6 Å². The number of benzene rings is 1. The van der Waals surface area contributed by atoms with Gasteiger partial charge in [-0.05, 0) is 24.1 Å². The fourth-order valence-electron chi connectivity index (χ4n) is 2.18. The molecular formula is C13H19NO5S. The lowest BCUT2D eigenvalue weighted by Gasteiger charge is -2.23. The molecule has 0 aromatic heterocycles. The third-order valence-corrected chi connectivity index (χ3v) is 5.44. The summed E-state index contributed by atoms with van der Waals surface area (Å²) in [5.74, 6) is 0.238. The van der Waals surface area contributed by atoms with Crippen LogP contribution in [0, 0.1) is 0 Å². The van der Waals surface area contributed by atoms with Gasteiger partial charge in [-0.3, -0.25) is 0 Å². The highest BCUT2D eigenvalue weighted by Gasteiger charge is 2.32. The molecule has 112 valence electrons. The highest BCUT2D eigenvalue weighted by molar-refractivity contribution is 7.89. The van der Waals surface area contributed by atoms with Crippen LogP contribution in [0.5, 0.6) is 5.75 Å². The highest BCUT2D eigenvalue weighted by Crippen LogP contribution is 2.29. The number of rotatable bonds is 5. The SMILES string of the molecule is COc1cc(CO)ccc1S(=O)(=O)N(C)C1CCOC1. The van der Waals surface area contributed by atoms with Crippen molar-refractivity contribution in [3.63, 3.8) is 0 Å². The summed E-state index contributed by atoms with van der Waals surface area (Å²) in [6.07, 6.45) is 0.687. The van der Waals surface area contributed by atoms with Crippen molar-refractivity contribution in [2.24, 2.45) is 0 Å². The summed E-state index contributed by atoms with van der Waals surface area (Å²) in [6.45, 7) is 0.820. The first-order valence-corrected chi connectivity index (χ1v) is 7.78. The Balaban J connectivity index is 2.37. The van der Waals surface area contributed by atoms with Crippen LogP contribution < -0.4 is 4.74 Å². The fourth-order valence-corrected chi connectivity index (χ4v) is 3.69. The predicted molar refractivity (Wildman–Crippen MR) is 73.1 cm³/mol. The lowest BCUT2D eigenvalue weighted by molar-refractivity contribution is 0.180. The van der Waals surface area contributed by atoms with Crippen LogP contribution in [0.2, 0.25) is 0 Å². The topological polar surface area (TPSA) is 76.1 Å². The molecule has 1 unspecified atom stereocenters. The first-order chi connectivity index (χ1) is 9.50. The summed E-state index contributed by atoms with van der Waals surface area (Å²) in [4.78, 5) is 0.103. The lowest BCUT2D eigenvalue weighted by Crippen LogP contribution is -2.37. The Morgan fingerprint density at radius 2 is 2.25 bits per heavy atom. The van der Waals surface area contributed by atoms with Gasteiger partial charge in [-0.25, -0.2) is 8.42 Å². The van der Waals surface area contributed by atoms with E-state index < -0.39 is 10.0 Å². The quantitative estimate of drug-likeness (QED) is 0.862. The second-order valence-corrected chi connectivity index (χ2v) is 6.65. The minimum absolute atomic E-state index is 0.103. The Morgan fingerprint density at radius 1 is 1.50 bits per heavy atom. The number of ether oxygens (including phenoxy) is 2. The van der Waals surface area contributed by atoms with E-state index in [-0.39, 0.29) is 23.3 Å². The van der Waals surface area contributed by atoms with E-state index in [9.17, 15) is 8.42 Å². The standard InChI is InChI=1S/C13H19NO5S/c1-14(11-5-6-19-9-11)20(16,17)13-4-3-10(8-15)7-12(13)18-2/h3-4,7,11,15H,5-6,8-9H2,1-2H3. The summed E-state index contributed by atoms with van der Waals surface area (Å²) < 4.78 is 37.0. The molecule has 1 aromatic carbocycles. The van der Waals surface area contributed by atoms with E-state index in [0.29, 0.717) is 25.2 Å². The van der Waals surface area contributed by atoms with E-state index in [1.165, 1.54) is 23.5 Å². The lowest BCUT2D eigenvalue weighted by atomic mass is 10.2.